The number of nitrogens with one attached hydrogen (secondary N) is 3. The maximum atomic E-state index is 13.8. The Balaban J connectivity index is 0.000000338. The number of hydrogen-bond donors (Lipinski definition) is 9. The van der Waals surface area contributed by atoms with Gasteiger partial charge in [0, 0.05) is 42.8 Å². The average molecular weight is 1040 g/mol. The summed E-state index contributed by atoms with van der Waals surface area (Å²) in [5, 5.41) is 60.1. The number of aliphatic carboxylic acids is 1. The molecule has 3 heterocycles. The molecule has 1 unspecified atom stereocenters. The number of aliphatic hydroxyl groups excluding tert-OH is 4. The van der Waals surface area contributed by atoms with Crippen molar-refractivity contribution in [2.45, 2.75) is 185 Å². The number of fused-ring (bicyclic) bond motifs is 2. The Morgan fingerprint density at radius 3 is 2.32 bits per heavy atom. The third-order valence-electron chi connectivity index (χ3n) is 14.3. The van der Waals surface area contributed by atoms with Gasteiger partial charge in [0.1, 0.15) is 11.7 Å². The number of carboxylic acid groups (broad SMARTS) is 1. The van der Waals surface area contributed by atoms with Crippen molar-refractivity contribution < 1.29 is 54.2 Å². The quantitative estimate of drug-likeness (QED) is 0.0376. The van der Waals surface area contributed by atoms with Crippen LogP contribution in [0.2, 0.25) is 0 Å². The molecule has 2 aromatic carbocycles. The van der Waals surface area contributed by atoms with Crippen LogP contribution in [0.1, 0.15) is 140 Å². The van der Waals surface area contributed by atoms with Gasteiger partial charge >= 0.3 is 5.97 Å². The third-order valence-corrected chi connectivity index (χ3v) is 14.3. The number of carboxylic acids is 1. The Labute approximate surface area is 442 Å². The van der Waals surface area contributed by atoms with Crippen molar-refractivity contribution in [3.05, 3.63) is 102 Å². The van der Waals surface area contributed by atoms with Crippen LogP contribution >= 0.6 is 0 Å². The zero-order valence-electron chi connectivity index (χ0n) is 44.4. The van der Waals surface area contributed by atoms with E-state index < -0.39 is 84.5 Å². The Bertz CT molecular complexity index is 2340. The number of piperidine rings is 1. The molecule has 2 aliphatic heterocycles. The van der Waals surface area contributed by atoms with Gasteiger partial charge in [0.05, 0.1) is 48.4 Å². The number of para-hydroxylation sites is 1. The highest BCUT2D eigenvalue weighted by molar-refractivity contribution is 5.99. The normalized spacial score (nSPS) is 23.8. The van der Waals surface area contributed by atoms with Gasteiger partial charge in [-0.2, -0.15) is 0 Å². The minimum atomic E-state index is -1.30. The fourth-order valence-electron chi connectivity index (χ4n) is 10.4. The average Bonchev–Trinajstić information content (AvgIpc) is 3.36. The van der Waals surface area contributed by atoms with Crippen LogP contribution in [0.4, 0.5) is 0 Å². The number of amides is 4. The van der Waals surface area contributed by atoms with Crippen molar-refractivity contribution in [2.75, 3.05) is 13.1 Å². The van der Waals surface area contributed by atoms with E-state index in [1.165, 1.54) is 6.42 Å². The molecule has 11 atom stereocenters. The number of benzene rings is 2. The van der Waals surface area contributed by atoms with Crippen molar-refractivity contribution in [1.29, 1.82) is 0 Å². The molecular formula is C58H84N6O11. The molecule has 1 aliphatic carbocycles. The lowest BCUT2D eigenvalue weighted by molar-refractivity contribution is -0.199. The predicted molar refractivity (Wildman–Crippen MR) is 288 cm³/mol. The Morgan fingerprint density at radius 1 is 0.893 bits per heavy atom. The van der Waals surface area contributed by atoms with Crippen LogP contribution in [0, 0.1) is 17.8 Å². The maximum absolute atomic E-state index is 13.8. The van der Waals surface area contributed by atoms with E-state index in [0.717, 1.165) is 55.9 Å². The van der Waals surface area contributed by atoms with E-state index in [-0.39, 0.29) is 43.3 Å². The lowest BCUT2D eigenvalue weighted by Gasteiger charge is -2.47. The molecule has 75 heavy (non-hydrogen) atoms. The molecule has 10 N–H and O–H groups in total. The number of nitrogens with zero attached hydrogens (tertiary/aromatic N) is 2. The highest BCUT2D eigenvalue weighted by atomic mass is 16.6. The Morgan fingerprint density at radius 2 is 1.61 bits per heavy atom. The molecule has 6 rings (SSSR count). The number of carbonyl (C=O) groups is 5. The Hall–Kier alpha value is -5.56. The van der Waals surface area contributed by atoms with E-state index in [2.05, 4.69) is 32.8 Å². The first-order valence-electron chi connectivity index (χ1n) is 27.1. The molecule has 0 radical (unpaired) electrons. The number of allylic oxidation sites excluding steroid dienone is 2. The second kappa shape index (κ2) is 30.3. The minimum absolute atomic E-state index is 0.0566. The first-order valence-corrected chi connectivity index (χ1v) is 27.1. The summed E-state index contributed by atoms with van der Waals surface area (Å²) in [4.78, 5) is 69.8. The van der Waals surface area contributed by atoms with Gasteiger partial charge in [-0.3, -0.25) is 28.9 Å². The lowest BCUT2D eigenvalue weighted by Crippen LogP contribution is -2.61. The van der Waals surface area contributed by atoms with E-state index in [9.17, 15) is 44.4 Å². The number of aliphatic hydroxyl groups is 4. The number of hydrogen-bond acceptors (Lipinski definition) is 12. The highest BCUT2D eigenvalue weighted by Crippen LogP contribution is 2.39. The molecular weight excluding hydrogens is 957 g/mol. The summed E-state index contributed by atoms with van der Waals surface area (Å²) < 4.78 is 5.54. The second-order valence-electron chi connectivity index (χ2n) is 21.7. The number of unbranched alkanes of at least 4 members (excludes halogenated alkanes) is 3. The monoisotopic (exact) mass is 1040 g/mol. The molecule has 1 saturated carbocycles. The summed E-state index contributed by atoms with van der Waals surface area (Å²) in [5.74, 6) is -2.20. The van der Waals surface area contributed by atoms with Crippen LogP contribution in [0.15, 0.2) is 91.0 Å². The fourth-order valence-corrected chi connectivity index (χ4v) is 10.4. The van der Waals surface area contributed by atoms with Crippen LogP contribution in [0.5, 0.6) is 0 Å². The number of pyridine rings is 1. The summed E-state index contributed by atoms with van der Waals surface area (Å²) in [6, 6.07) is 17.6. The molecule has 2 saturated heterocycles. The summed E-state index contributed by atoms with van der Waals surface area (Å²) in [6.07, 6.45) is 14.6. The van der Waals surface area contributed by atoms with Crippen molar-refractivity contribution in [3.63, 3.8) is 0 Å². The first kappa shape index (κ1) is 60.3. The smallest absolute Gasteiger partial charge is 0.303 e. The van der Waals surface area contributed by atoms with Gasteiger partial charge < -0.3 is 52.0 Å². The molecule has 1 aromatic heterocycles. The SMILES string of the molecule is CC(C)(C)NC(=O)[C@@H]1C[C@@H]2CCCC[C@@H]2CN1C[C@@H](O)[C@H](Cc1ccccc1)NC(=O)[C@H](CC(N)=O)NC(=O)c1ccc2ccccc2n1.CCCCC[C@H](O)/C=C/[C@H]1OC(O)C[C@H](O)[C@@H]1C/C=C\CCCC(=O)O. The molecule has 17 nitrogen and oxygen atoms in total. The number of aromatic nitrogens is 1. The summed E-state index contributed by atoms with van der Waals surface area (Å²) in [7, 11) is 0. The molecule has 4 amide bonds. The van der Waals surface area contributed by atoms with Crippen LogP contribution in [0.25, 0.3) is 10.9 Å². The number of nitrogens with two attached hydrogens (primary N) is 1. The van der Waals surface area contributed by atoms with Crippen LogP contribution in [-0.4, -0.2) is 132 Å². The first-order chi connectivity index (χ1) is 35.8. The Kier molecular flexibility index (Phi) is 24.3. The van der Waals surface area contributed by atoms with Crippen molar-refractivity contribution in [3.8, 4) is 0 Å². The fraction of sp³-hybridized carbons (Fsp3) is 0.586. The number of ether oxygens (including phenoxy) is 1. The maximum Gasteiger partial charge on any atom is 0.303 e. The van der Waals surface area contributed by atoms with E-state index in [1.54, 1.807) is 30.4 Å². The minimum Gasteiger partial charge on any atom is -0.481 e. The second-order valence-corrected chi connectivity index (χ2v) is 21.7. The lowest BCUT2D eigenvalue weighted by atomic mass is 9.72. The number of likely N-dealkylation sites (tertiary alicyclic amines) is 1. The number of β-amino-alcohol motifs (C(OH)–C–C–N with tert-alkyl or cyclic N) is 1. The van der Waals surface area contributed by atoms with Crippen molar-refractivity contribution in [2.24, 2.45) is 23.5 Å². The molecule has 0 spiro atoms. The number of rotatable bonds is 24. The van der Waals surface area contributed by atoms with Crippen LogP contribution in [-0.2, 0) is 30.3 Å². The van der Waals surface area contributed by atoms with Gasteiger partial charge in [-0.15, -0.1) is 0 Å². The summed E-state index contributed by atoms with van der Waals surface area (Å²) >= 11 is 0. The zero-order chi connectivity index (χ0) is 54.5. The zero-order valence-corrected chi connectivity index (χ0v) is 44.4. The summed E-state index contributed by atoms with van der Waals surface area (Å²) in [5.41, 5.74) is 6.70. The highest BCUT2D eigenvalue weighted by Gasteiger charge is 2.42. The predicted octanol–water partition coefficient (Wildman–Crippen LogP) is 5.86. The molecule has 0 bridgehead atoms. The van der Waals surface area contributed by atoms with E-state index in [4.69, 9.17) is 15.6 Å². The standard InChI is InChI=1S/C38H50N6O5.C20H34O6/c1-38(2,3)43-37(49)32-20-26-14-7-8-15-27(26)22-44(32)23-33(45)30(19-24-11-5-4-6-12-24)41-36(48)31(21-34(39)46)42-35(47)29-18-17-25-13-9-10-16-28(25)40-29;1-2-3-6-9-15(21)12-13-18-16(17(22)14-20(25)26-18)10-7-4-5-8-11-19(23)24/h4-6,9-13,16-18,26-27,30-33,45H,7-8,14-15,19-23H2,1-3H3,(H2,39,46)(H,41,48)(H,42,47)(H,43,49);4,7,12-13,15-18,20-22,25H,2-3,5-6,8-11,14H2,1H3,(H,23,24)/b;7-4-,13-12+/t26-,27+,30-,31-,32-,33+;15-,16-,17-,18+,20?/m00/s1. The third kappa shape index (κ3) is 20.5. The van der Waals surface area contributed by atoms with Gasteiger partial charge in [-0.25, -0.2) is 4.98 Å². The molecule has 412 valence electrons. The van der Waals surface area contributed by atoms with E-state index >= 15 is 0 Å². The van der Waals surface area contributed by atoms with Crippen LogP contribution < -0.4 is 21.7 Å². The van der Waals surface area contributed by atoms with Gasteiger partial charge in [-0.1, -0.05) is 124 Å². The van der Waals surface area contributed by atoms with Gasteiger partial charge in [-0.05, 0) is 95.2 Å². The number of carbonyl (C=O) groups excluding carboxylic acids is 4. The van der Waals surface area contributed by atoms with Crippen molar-refractivity contribution >= 4 is 40.5 Å². The van der Waals surface area contributed by atoms with Gasteiger partial charge in [0.2, 0.25) is 17.7 Å². The topological polar surface area (TPSA) is 274 Å². The van der Waals surface area contributed by atoms with E-state index in [0.29, 0.717) is 49.6 Å². The van der Waals surface area contributed by atoms with Crippen molar-refractivity contribution in [1.82, 2.24) is 25.8 Å². The molecule has 3 aliphatic rings. The van der Waals surface area contributed by atoms with Gasteiger partial charge in [0.25, 0.3) is 5.91 Å². The number of primary amides is 1. The summed E-state index contributed by atoms with van der Waals surface area (Å²) in [6.45, 7) is 8.84. The molecule has 3 fully saturated rings. The molecule has 3 aromatic rings. The van der Waals surface area contributed by atoms with Gasteiger partial charge in [0.15, 0.2) is 6.29 Å². The largest absolute Gasteiger partial charge is 0.481 e. The van der Waals surface area contributed by atoms with E-state index in [1.807, 2.05) is 81.5 Å². The molecule has 17 heteroatoms. The van der Waals surface area contributed by atoms with Crippen LogP contribution in [0.3, 0.4) is 0 Å².